The summed E-state index contributed by atoms with van der Waals surface area (Å²) in [6.07, 6.45) is 0.331. The van der Waals surface area contributed by atoms with Crippen molar-refractivity contribution in [1.82, 2.24) is 9.80 Å². The minimum absolute atomic E-state index is 0.0306. The predicted octanol–water partition coefficient (Wildman–Crippen LogP) is 2.45. The Labute approximate surface area is 171 Å². The van der Waals surface area contributed by atoms with Crippen molar-refractivity contribution in [2.75, 3.05) is 44.2 Å². The Morgan fingerprint density at radius 2 is 1.79 bits per heavy atom. The number of hydrogen-bond donors (Lipinski definition) is 0. The molecule has 2 amide bonds. The van der Waals surface area contributed by atoms with Crippen LogP contribution >= 0.6 is 0 Å². The number of nitrogens with zero attached hydrogens (tertiary/aromatic N) is 3. The Hall–Kier alpha value is -2.86. The number of carbonyl (C=O) groups is 2. The van der Waals surface area contributed by atoms with Gasteiger partial charge in [-0.1, -0.05) is 36.4 Å². The fraction of sp³-hybridized carbons (Fsp3) is 0.391. The summed E-state index contributed by atoms with van der Waals surface area (Å²) in [7, 11) is 0. The van der Waals surface area contributed by atoms with E-state index in [0.717, 1.165) is 44.0 Å². The van der Waals surface area contributed by atoms with E-state index in [1.54, 1.807) is 4.90 Å². The molecule has 0 aliphatic carbocycles. The zero-order chi connectivity index (χ0) is 20.2. The van der Waals surface area contributed by atoms with E-state index in [0.29, 0.717) is 18.7 Å². The average molecular weight is 393 g/mol. The summed E-state index contributed by atoms with van der Waals surface area (Å²) in [6, 6.07) is 16.2. The molecule has 6 heteroatoms. The van der Waals surface area contributed by atoms with E-state index in [4.69, 9.17) is 4.74 Å². The molecule has 1 saturated heterocycles. The van der Waals surface area contributed by atoms with E-state index >= 15 is 0 Å². The van der Waals surface area contributed by atoms with Crippen molar-refractivity contribution in [3.05, 3.63) is 59.7 Å². The van der Waals surface area contributed by atoms with Gasteiger partial charge in [-0.2, -0.15) is 0 Å². The fourth-order valence-corrected chi connectivity index (χ4v) is 3.92. The molecule has 2 aromatic rings. The van der Waals surface area contributed by atoms with Gasteiger partial charge < -0.3 is 14.5 Å². The van der Waals surface area contributed by atoms with Crippen molar-refractivity contribution >= 4 is 17.5 Å². The van der Waals surface area contributed by atoms with Crippen LogP contribution in [0.1, 0.15) is 17.5 Å². The number of piperazine rings is 1. The molecule has 0 N–H and O–H groups in total. The number of carbonyl (C=O) groups excluding carboxylic acids is 2. The van der Waals surface area contributed by atoms with E-state index in [9.17, 15) is 9.59 Å². The molecule has 0 saturated carbocycles. The summed E-state index contributed by atoms with van der Waals surface area (Å²) in [5, 5.41) is 0. The third-order valence-corrected chi connectivity index (χ3v) is 5.58. The van der Waals surface area contributed by atoms with Gasteiger partial charge in [-0.3, -0.25) is 14.5 Å². The maximum atomic E-state index is 12.7. The van der Waals surface area contributed by atoms with Crippen LogP contribution in [0.3, 0.4) is 0 Å². The van der Waals surface area contributed by atoms with Gasteiger partial charge in [0.05, 0.1) is 5.69 Å². The molecule has 6 nitrogen and oxygen atoms in total. The lowest BCUT2D eigenvalue weighted by Crippen LogP contribution is -2.49. The van der Waals surface area contributed by atoms with Gasteiger partial charge in [-0.15, -0.1) is 0 Å². The number of hydrogen-bond acceptors (Lipinski definition) is 4. The van der Waals surface area contributed by atoms with E-state index < -0.39 is 0 Å². The number of rotatable bonds is 5. The molecule has 4 rings (SSSR count). The normalized spacial score (nSPS) is 17.1. The molecular formula is C23H27N3O3. The van der Waals surface area contributed by atoms with Gasteiger partial charge in [0.15, 0.2) is 6.61 Å². The second-order valence-corrected chi connectivity index (χ2v) is 7.70. The van der Waals surface area contributed by atoms with Crippen LogP contribution in [0.15, 0.2) is 48.5 Å². The van der Waals surface area contributed by atoms with Crippen LogP contribution in [-0.2, 0) is 16.1 Å². The molecule has 152 valence electrons. The van der Waals surface area contributed by atoms with Gasteiger partial charge >= 0.3 is 0 Å². The van der Waals surface area contributed by atoms with Crippen LogP contribution < -0.4 is 9.64 Å². The zero-order valence-electron chi connectivity index (χ0n) is 16.8. The van der Waals surface area contributed by atoms with Crippen molar-refractivity contribution in [2.45, 2.75) is 19.9 Å². The number of benzene rings is 2. The molecule has 29 heavy (non-hydrogen) atoms. The second-order valence-electron chi connectivity index (χ2n) is 7.70. The molecule has 2 aliphatic heterocycles. The lowest BCUT2D eigenvalue weighted by Gasteiger charge is -2.35. The number of ether oxygens (including phenoxy) is 1. The van der Waals surface area contributed by atoms with Crippen LogP contribution in [0.5, 0.6) is 5.75 Å². The standard InChI is InChI=1S/C23H27N3O3/c1-18-7-8-20-21(15-18)29-17-23(28)26(20)10-9-22(27)25-13-11-24(12-14-25)16-19-5-3-2-4-6-19/h2-8,15H,9-14,16-17H2,1H3. The molecule has 2 heterocycles. The van der Waals surface area contributed by atoms with Gasteiger partial charge in [0.25, 0.3) is 5.91 Å². The predicted molar refractivity (Wildman–Crippen MR) is 112 cm³/mol. The number of aryl methyl sites for hydroxylation is 1. The van der Waals surface area contributed by atoms with Gasteiger partial charge in [0, 0.05) is 45.7 Å². The number of anilines is 1. The Kier molecular flexibility index (Phi) is 5.81. The monoisotopic (exact) mass is 393 g/mol. The summed E-state index contributed by atoms with van der Waals surface area (Å²) in [4.78, 5) is 31.0. The Morgan fingerprint density at radius 3 is 2.55 bits per heavy atom. The molecule has 0 unspecified atom stereocenters. The SMILES string of the molecule is Cc1ccc2c(c1)OCC(=O)N2CCC(=O)N1CCN(Cc2ccccc2)CC1. The van der Waals surface area contributed by atoms with Crippen LogP contribution in [0.2, 0.25) is 0 Å². The number of amides is 2. The van der Waals surface area contributed by atoms with E-state index in [2.05, 4.69) is 29.2 Å². The smallest absolute Gasteiger partial charge is 0.265 e. The lowest BCUT2D eigenvalue weighted by molar-refractivity contribution is -0.132. The van der Waals surface area contributed by atoms with Crippen molar-refractivity contribution in [1.29, 1.82) is 0 Å². The highest BCUT2D eigenvalue weighted by molar-refractivity contribution is 5.98. The Balaban J connectivity index is 1.29. The minimum Gasteiger partial charge on any atom is -0.482 e. The largest absolute Gasteiger partial charge is 0.482 e. The lowest BCUT2D eigenvalue weighted by atomic mass is 10.1. The van der Waals surface area contributed by atoms with Crippen molar-refractivity contribution < 1.29 is 14.3 Å². The summed E-state index contributed by atoms with van der Waals surface area (Å²) < 4.78 is 5.54. The summed E-state index contributed by atoms with van der Waals surface area (Å²) in [5.74, 6) is 0.728. The van der Waals surface area contributed by atoms with Crippen molar-refractivity contribution in [3.63, 3.8) is 0 Å². The molecule has 1 fully saturated rings. The summed E-state index contributed by atoms with van der Waals surface area (Å²) >= 11 is 0. The molecule has 0 atom stereocenters. The van der Waals surface area contributed by atoms with Crippen LogP contribution in [0, 0.1) is 6.92 Å². The van der Waals surface area contributed by atoms with Gasteiger partial charge in [0.1, 0.15) is 5.75 Å². The molecule has 0 radical (unpaired) electrons. The quantitative estimate of drug-likeness (QED) is 0.783. The molecule has 0 aromatic heterocycles. The zero-order valence-corrected chi connectivity index (χ0v) is 16.8. The first-order valence-corrected chi connectivity index (χ1v) is 10.2. The first kappa shape index (κ1) is 19.5. The second kappa shape index (κ2) is 8.66. The van der Waals surface area contributed by atoms with E-state index in [1.165, 1.54) is 5.56 Å². The fourth-order valence-electron chi connectivity index (χ4n) is 3.92. The number of fused-ring (bicyclic) bond motifs is 1. The van der Waals surface area contributed by atoms with Crippen LogP contribution in [-0.4, -0.2) is 60.9 Å². The topological polar surface area (TPSA) is 53.1 Å². The van der Waals surface area contributed by atoms with Crippen molar-refractivity contribution in [2.24, 2.45) is 0 Å². The van der Waals surface area contributed by atoms with Crippen molar-refractivity contribution in [3.8, 4) is 5.75 Å². The molecule has 2 aliphatic rings. The average Bonchev–Trinajstić information content (AvgIpc) is 2.74. The first-order valence-electron chi connectivity index (χ1n) is 10.2. The van der Waals surface area contributed by atoms with Gasteiger partial charge in [-0.05, 0) is 30.2 Å². The highest BCUT2D eigenvalue weighted by atomic mass is 16.5. The molecule has 0 bridgehead atoms. The molecule has 2 aromatic carbocycles. The maximum absolute atomic E-state index is 12.7. The molecule has 0 spiro atoms. The van der Waals surface area contributed by atoms with Gasteiger partial charge in [0.2, 0.25) is 5.91 Å². The van der Waals surface area contributed by atoms with Gasteiger partial charge in [-0.25, -0.2) is 0 Å². The summed E-state index contributed by atoms with van der Waals surface area (Å²) in [6.45, 7) is 6.55. The maximum Gasteiger partial charge on any atom is 0.265 e. The van der Waals surface area contributed by atoms with E-state index in [-0.39, 0.29) is 18.4 Å². The Morgan fingerprint density at radius 1 is 1.03 bits per heavy atom. The minimum atomic E-state index is -0.0955. The third-order valence-electron chi connectivity index (χ3n) is 5.58. The van der Waals surface area contributed by atoms with Crippen LogP contribution in [0.25, 0.3) is 0 Å². The van der Waals surface area contributed by atoms with Crippen LogP contribution in [0.4, 0.5) is 5.69 Å². The van der Waals surface area contributed by atoms with E-state index in [1.807, 2.05) is 36.1 Å². The highest BCUT2D eigenvalue weighted by Crippen LogP contribution is 2.32. The molecular weight excluding hydrogens is 366 g/mol. The third kappa shape index (κ3) is 4.59. The summed E-state index contributed by atoms with van der Waals surface area (Å²) in [5.41, 5.74) is 3.14. The highest BCUT2D eigenvalue weighted by Gasteiger charge is 2.27. The first-order chi connectivity index (χ1) is 14.1. The Bertz CT molecular complexity index is 876.